The van der Waals surface area contributed by atoms with E-state index in [1.165, 1.54) is 0 Å². The number of aliphatic hydroxyl groups is 1. The molecule has 0 aromatic rings. The van der Waals surface area contributed by atoms with Crippen molar-refractivity contribution >= 4 is 12.0 Å². The largest absolute Gasteiger partial charge is 0.444 e. The summed E-state index contributed by atoms with van der Waals surface area (Å²) in [5, 5.41) is 15.5. The second-order valence-electron chi connectivity index (χ2n) is 6.81. The summed E-state index contributed by atoms with van der Waals surface area (Å²) < 4.78 is 5.16. The average Bonchev–Trinajstić information content (AvgIpc) is 3.00. The van der Waals surface area contributed by atoms with Gasteiger partial charge in [0, 0.05) is 6.04 Å². The van der Waals surface area contributed by atoms with Gasteiger partial charge in [0.2, 0.25) is 0 Å². The second kappa shape index (κ2) is 7.11. The van der Waals surface area contributed by atoms with E-state index >= 15 is 0 Å². The minimum absolute atomic E-state index is 0.149. The monoisotopic (exact) mass is 300 g/mol. The van der Waals surface area contributed by atoms with E-state index in [1.807, 2.05) is 13.8 Å². The first-order chi connectivity index (χ1) is 9.64. The fourth-order valence-electron chi connectivity index (χ4n) is 2.05. The number of hydrogen-bond donors (Lipinski definition) is 3. The Morgan fingerprint density at radius 1 is 1.38 bits per heavy atom. The Labute approximate surface area is 126 Å². The lowest BCUT2D eigenvalue weighted by Crippen LogP contribution is -2.52. The van der Waals surface area contributed by atoms with Crippen LogP contribution in [0.2, 0.25) is 0 Å². The van der Waals surface area contributed by atoms with Gasteiger partial charge >= 0.3 is 6.09 Å². The van der Waals surface area contributed by atoms with Crippen molar-refractivity contribution in [2.24, 2.45) is 5.92 Å². The molecule has 6 nitrogen and oxygen atoms in total. The second-order valence-corrected chi connectivity index (χ2v) is 6.81. The fraction of sp³-hybridized carbons (Fsp3) is 0.867. The maximum atomic E-state index is 12.0. The molecule has 0 heterocycles. The first kappa shape index (κ1) is 17.8. The van der Waals surface area contributed by atoms with Crippen LogP contribution < -0.4 is 10.6 Å². The van der Waals surface area contributed by atoms with Crippen LogP contribution in [0.4, 0.5) is 4.79 Å². The normalized spacial score (nSPS) is 23.9. The first-order valence-corrected chi connectivity index (χ1v) is 7.62. The molecule has 0 aliphatic heterocycles. The molecule has 2 amide bonds. The molecule has 0 aromatic carbocycles. The van der Waals surface area contributed by atoms with Crippen LogP contribution in [0.25, 0.3) is 0 Å². The number of hydrogen-bond acceptors (Lipinski definition) is 4. The topological polar surface area (TPSA) is 87.7 Å². The van der Waals surface area contributed by atoms with Gasteiger partial charge in [0.1, 0.15) is 5.60 Å². The van der Waals surface area contributed by atoms with E-state index in [0.717, 1.165) is 12.8 Å². The van der Waals surface area contributed by atoms with Crippen LogP contribution in [0.1, 0.15) is 53.9 Å². The number of amides is 2. The summed E-state index contributed by atoms with van der Waals surface area (Å²) in [5.74, 6) is 0.0310. The van der Waals surface area contributed by atoms with E-state index < -0.39 is 29.7 Å². The van der Waals surface area contributed by atoms with E-state index in [0.29, 0.717) is 12.3 Å². The fourth-order valence-corrected chi connectivity index (χ4v) is 2.05. The van der Waals surface area contributed by atoms with Crippen molar-refractivity contribution in [3.05, 3.63) is 0 Å². The Kier molecular flexibility index (Phi) is 6.01. The highest BCUT2D eigenvalue weighted by Crippen LogP contribution is 2.29. The number of rotatable bonds is 6. The van der Waals surface area contributed by atoms with Crippen LogP contribution in [-0.4, -0.2) is 40.9 Å². The summed E-state index contributed by atoms with van der Waals surface area (Å²) in [4.78, 5) is 23.8. The zero-order valence-corrected chi connectivity index (χ0v) is 13.6. The van der Waals surface area contributed by atoms with Crippen LogP contribution in [0.15, 0.2) is 0 Å². The summed E-state index contributed by atoms with van der Waals surface area (Å²) in [6.45, 7) is 9.26. The van der Waals surface area contributed by atoms with Gasteiger partial charge in [-0.05, 0) is 39.5 Å². The molecule has 1 saturated carbocycles. The molecule has 21 heavy (non-hydrogen) atoms. The van der Waals surface area contributed by atoms with Gasteiger partial charge in [-0.3, -0.25) is 4.79 Å². The van der Waals surface area contributed by atoms with Crippen molar-refractivity contribution in [3.8, 4) is 0 Å². The molecule has 1 aliphatic rings. The molecule has 122 valence electrons. The van der Waals surface area contributed by atoms with Gasteiger partial charge in [-0.15, -0.1) is 0 Å². The Bertz CT molecular complexity index is 378. The summed E-state index contributed by atoms with van der Waals surface area (Å²) >= 11 is 0. The molecule has 0 bridgehead atoms. The third-order valence-corrected chi connectivity index (χ3v) is 3.39. The van der Waals surface area contributed by atoms with Gasteiger partial charge in [-0.1, -0.05) is 20.3 Å². The summed E-state index contributed by atoms with van der Waals surface area (Å²) in [7, 11) is 0. The Balaban J connectivity index is 2.54. The maximum absolute atomic E-state index is 12.0. The molecule has 0 spiro atoms. The third-order valence-electron chi connectivity index (χ3n) is 3.39. The summed E-state index contributed by atoms with van der Waals surface area (Å²) in [6, 6.07) is -0.491. The Morgan fingerprint density at radius 3 is 2.38 bits per heavy atom. The van der Waals surface area contributed by atoms with Gasteiger partial charge in [0.05, 0.1) is 6.04 Å². The Morgan fingerprint density at radius 2 is 1.95 bits per heavy atom. The molecule has 6 heteroatoms. The molecular weight excluding hydrogens is 272 g/mol. The highest BCUT2D eigenvalue weighted by Gasteiger charge is 2.37. The van der Waals surface area contributed by atoms with Gasteiger partial charge in [-0.2, -0.15) is 0 Å². The number of carbonyl (C=O) groups excluding carboxylic acids is 2. The number of nitrogens with one attached hydrogen (secondary N) is 2. The first-order valence-electron chi connectivity index (χ1n) is 7.62. The van der Waals surface area contributed by atoms with Crippen molar-refractivity contribution in [2.45, 2.75) is 77.7 Å². The van der Waals surface area contributed by atoms with E-state index in [2.05, 4.69) is 10.6 Å². The van der Waals surface area contributed by atoms with Crippen LogP contribution in [0, 0.1) is 5.92 Å². The minimum atomic E-state index is -1.26. The van der Waals surface area contributed by atoms with Gasteiger partial charge in [0.25, 0.3) is 5.91 Å². The molecule has 1 fully saturated rings. The number of ether oxygens (including phenoxy) is 1. The minimum Gasteiger partial charge on any atom is -0.444 e. The highest BCUT2D eigenvalue weighted by molar-refractivity contribution is 5.82. The lowest BCUT2D eigenvalue weighted by Gasteiger charge is -2.26. The van der Waals surface area contributed by atoms with Crippen molar-refractivity contribution in [1.82, 2.24) is 10.6 Å². The Hall–Kier alpha value is -1.30. The van der Waals surface area contributed by atoms with Gasteiger partial charge in [0.15, 0.2) is 6.10 Å². The third kappa shape index (κ3) is 6.33. The predicted octanol–water partition coefficient (Wildman–Crippen LogP) is 1.57. The smallest absolute Gasteiger partial charge is 0.407 e. The van der Waals surface area contributed by atoms with E-state index in [4.69, 9.17) is 4.74 Å². The lowest BCUT2D eigenvalue weighted by molar-refractivity contribution is -0.131. The molecule has 0 saturated heterocycles. The van der Waals surface area contributed by atoms with Crippen molar-refractivity contribution in [2.75, 3.05) is 0 Å². The molecule has 1 aliphatic carbocycles. The van der Waals surface area contributed by atoms with E-state index in [-0.39, 0.29) is 6.04 Å². The predicted molar refractivity (Wildman–Crippen MR) is 79.8 cm³/mol. The molecule has 4 atom stereocenters. The number of alkyl carbamates (subject to hydrolysis) is 1. The molecule has 0 radical (unpaired) electrons. The van der Waals surface area contributed by atoms with Crippen LogP contribution in [-0.2, 0) is 9.53 Å². The quantitative estimate of drug-likeness (QED) is 0.695. The zero-order valence-electron chi connectivity index (χ0n) is 13.6. The molecule has 4 unspecified atom stereocenters. The van der Waals surface area contributed by atoms with Crippen LogP contribution in [0.5, 0.6) is 0 Å². The molecule has 0 aromatic heterocycles. The molecule has 1 rings (SSSR count). The van der Waals surface area contributed by atoms with Crippen molar-refractivity contribution in [1.29, 1.82) is 0 Å². The highest BCUT2D eigenvalue weighted by atomic mass is 16.6. The van der Waals surface area contributed by atoms with Gasteiger partial charge < -0.3 is 20.5 Å². The van der Waals surface area contributed by atoms with Crippen LogP contribution in [0.3, 0.4) is 0 Å². The summed E-state index contributed by atoms with van der Waals surface area (Å²) in [6.07, 6.45) is 0.313. The SMILES string of the molecule is CCCC(NC(=O)OC(C)(C)C)C(O)C(=O)NC1CC1C. The molecule has 3 N–H and O–H groups in total. The van der Waals surface area contributed by atoms with Gasteiger partial charge in [-0.25, -0.2) is 4.79 Å². The van der Waals surface area contributed by atoms with E-state index in [9.17, 15) is 14.7 Å². The van der Waals surface area contributed by atoms with Crippen molar-refractivity contribution in [3.63, 3.8) is 0 Å². The maximum Gasteiger partial charge on any atom is 0.407 e. The standard InChI is InChI=1S/C15H28N2O4/c1-6-7-10(17-14(20)21-15(3,4)5)12(18)13(19)16-11-8-9(11)2/h9-12,18H,6-8H2,1-5H3,(H,16,19)(H,17,20). The number of carbonyl (C=O) groups is 2. The number of aliphatic hydroxyl groups excluding tert-OH is 1. The van der Waals surface area contributed by atoms with Crippen molar-refractivity contribution < 1.29 is 19.4 Å². The zero-order chi connectivity index (χ0) is 16.2. The average molecular weight is 300 g/mol. The van der Waals surface area contributed by atoms with E-state index in [1.54, 1.807) is 20.8 Å². The molecular formula is C15H28N2O4. The van der Waals surface area contributed by atoms with Crippen LogP contribution >= 0.6 is 0 Å². The lowest BCUT2D eigenvalue weighted by atomic mass is 10.1. The summed E-state index contributed by atoms with van der Waals surface area (Å²) in [5.41, 5.74) is -0.614.